The van der Waals surface area contributed by atoms with E-state index in [2.05, 4.69) is 5.32 Å². The van der Waals surface area contributed by atoms with Crippen molar-refractivity contribution in [2.24, 2.45) is 5.92 Å². The first kappa shape index (κ1) is 20.4. The fourth-order valence-electron chi connectivity index (χ4n) is 4.47. The predicted molar refractivity (Wildman–Crippen MR) is 112 cm³/mol. The van der Waals surface area contributed by atoms with Crippen LogP contribution >= 0.6 is 0 Å². The Labute approximate surface area is 173 Å². The molecule has 1 aromatic rings. The molecule has 1 heterocycles. The number of sulfone groups is 1. The van der Waals surface area contributed by atoms with Crippen molar-refractivity contribution in [2.75, 3.05) is 11.4 Å². The number of hydrogen-bond acceptors (Lipinski definition) is 4. The van der Waals surface area contributed by atoms with Crippen LogP contribution in [-0.2, 0) is 25.8 Å². The van der Waals surface area contributed by atoms with Crippen LogP contribution in [-0.4, -0.2) is 38.1 Å². The number of nitrogens with one attached hydrogen (secondary N) is 1. The van der Waals surface area contributed by atoms with Crippen LogP contribution < -0.4 is 10.2 Å². The summed E-state index contributed by atoms with van der Waals surface area (Å²) in [5.41, 5.74) is 1.74. The van der Waals surface area contributed by atoms with Gasteiger partial charge in [0.25, 0.3) is 0 Å². The molecule has 3 aliphatic rings. The van der Waals surface area contributed by atoms with Gasteiger partial charge in [0.2, 0.25) is 11.8 Å². The van der Waals surface area contributed by atoms with E-state index < -0.39 is 15.1 Å². The topological polar surface area (TPSA) is 83.6 Å². The Kier molecular flexibility index (Phi) is 5.69. The van der Waals surface area contributed by atoms with Gasteiger partial charge in [0.1, 0.15) is 0 Å². The van der Waals surface area contributed by atoms with E-state index in [1.54, 1.807) is 30.0 Å². The first-order valence-electron chi connectivity index (χ1n) is 10.8. The van der Waals surface area contributed by atoms with Gasteiger partial charge in [-0.2, -0.15) is 0 Å². The second-order valence-corrected chi connectivity index (χ2v) is 11.1. The molecule has 0 unspecified atom stereocenters. The summed E-state index contributed by atoms with van der Waals surface area (Å²) in [7, 11) is -3.60. The summed E-state index contributed by atoms with van der Waals surface area (Å²) in [5.74, 6) is 0.120. The van der Waals surface area contributed by atoms with Gasteiger partial charge in [0.05, 0.1) is 10.1 Å². The number of carbonyl (C=O) groups is 2. The average Bonchev–Trinajstić information content (AvgIpc) is 3.47. The zero-order valence-corrected chi connectivity index (χ0v) is 17.8. The number of anilines is 1. The molecule has 0 radical (unpaired) electrons. The van der Waals surface area contributed by atoms with Crippen LogP contribution in [0.2, 0.25) is 0 Å². The molecule has 1 aliphatic heterocycles. The highest BCUT2D eigenvalue weighted by Crippen LogP contribution is 2.37. The molecule has 4 rings (SSSR count). The number of benzene rings is 1. The summed E-state index contributed by atoms with van der Waals surface area (Å²) in [6, 6.07) is 5.22. The molecule has 158 valence electrons. The third-order valence-electron chi connectivity index (χ3n) is 6.44. The lowest BCUT2D eigenvalue weighted by molar-refractivity contribution is -0.122. The zero-order valence-electron chi connectivity index (χ0n) is 17.0. The summed E-state index contributed by atoms with van der Waals surface area (Å²) in [6.07, 6.45) is 7.97. The first-order valence-corrected chi connectivity index (χ1v) is 12.4. The molecule has 2 saturated carbocycles. The van der Waals surface area contributed by atoms with Gasteiger partial charge in [-0.15, -0.1) is 0 Å². The number of carbonyl (C=O) groups excluding carboxylic acids is 2. The minimum Gasteiger partial charge on any atom is -0.353 e. The molecule has 2 amide bonds. The van der Waals surface area contributed by atoms with Crippen molar-refractivity contribution in [2.45, 2.75) is 80.9 Å². The molecular weight excluding hydrogens is 388 g/mol. The third-order valence-corrected chi connectivity index (χ3v) is 8.58. The molecule has 1 aromatic carbocycles. The van der Waals surface area contributed by atoms with E-state index in [1.165, 1.54) is 6.42 Å². The predicted octanol–water partition coefficient (Wildman–Crippen LogP) is 2.99. The highest BCUT2D eigenvalue weighted by molar-refractivity contribution is 7.92. The van der Waals surface area contributed by atoms with Gasteiger partial charge in [0, 0.05) is 30.6 Å². The molecule has 0 bridgehead atoms. The molecule has 0 saturated heterocycles. The van der Waals surface area contributed by atoms with Crippen molar-refractivity contribution >= 4 is 27.3 Å². The highest BCUT2D eigenvalue weighted by Gasteiger charge is 2.37. The minimum absolute atomic E-state index is 0.0256. The van der Waals surface area contributed by atoms with Crippen molar-refractivity contribution in [1.29, 1.82) is 0 Å². The summed E-state index contributed by atoms with van der Waals surface area (Å²) >= 11 is 0. The number of nitrogens with zero attached hydrogens (tertiary/aromatic N) is 1. The monoisotopic (exact) mass is 418 g/mol. The molecule has 0 aromatic heterocycles. The summed E-state index contributed by atoms with van der Waals surface area (Å²) < 4.78 is 26.1. The molecule has 6 nitrogen and oxygen atoms in total. The highest BCUT2D eigenvalue weighted by atomic mass is 32.2. The largest absolute Gasteiger partial charge is 0.353 e. The van der Waals surface area contributed by atoms with E-state index in [9.17, 15) is 18.0 Å². The molecule has 1 atom stereocenters. The van der Waals surface area contributed by atoms with Crippen LogP contribution in [0.3, 0.4) is 0 Å². The Hall–Kier alpha value is -1.89. The SMILES string of the molecule is C[C@@H](CC(=O)NC1CCCCC1)S(=O)(=O)c1ccc2c(c1)CCN2C(=O)C1CC1. The first-order chi connectivity index (χ1) is 13.9. The van der Waals surface area contributed by atoms with Crippen LogP contribution in [0.15, 0.2) is 23.1 Å². The van der Waals surface area contributed by atoms with E-state index >= 15 is 0 Å². The van der Waals surface area contributed by atoms with E-state index in [4.69, 9.17) is 0 Å². The Morgan fingerprint density at radius 1 is 1.14 bits per heavy atom. The van der Waals surface area contributed by atoms with E-state index in [0.717, 1.165) is 49.8 Å². The lowest BCUT2D eigenvalue weighted by Crippen LogP contribution is -2.38. The Balaban J connectivity index is 1.43. The lowest BCUT2D eigenvalue weighted by atomic mass is 9.95. The zero-order chi connectivity index (χ0) is 20.6. The maximum Gasteiger partial charge on any atom is 0.230 e. The number of fused-ring (bicyclic) bond motifs is 1. The Morgan fingerprint density at radius 2 is 1.86 bits per heavy atom. The molecule has 2 fully saturated rings. The van der Waals surface area contributed by atoms with Crippen LogP contribution in [0.25, 0.3) is 0 Å². The molecular formula is C22H30N2O4S. The lowest BCUT2D eigenvalue weighted by Gasteiger charge is -2.23. The summed E-state index contributed by atoms with van der Waals surface area (Å²) in [5, 5.41) is 2.22. The maximum atomic E-state index is 13.0. The Bertz CT molecular complexity index is 901. The average molecular weight is 419 g/mol. The second-order valence-electron chi connectivity index (χ2n) is 8.77. The van der Waals surface area contributed by atoms with Gasteiger partial charge < -0.3 is 10.2 Å². The smallest absolute Gasteiger partial charge is 0.230 e. The van der Waals surface area contributed by atoms with E-state index in [0.29, 0.717) is 13.0 Å². The maximum absolute atomic E-state index is 13.0. The normalized spacial score (nSPS) is 20.9. The number of rotatable bonds is 6. The van der Waals surface area contributed by atoms with Gasteiger partial charge >= 0.3 is 0 Å². The van der Waals surface area contributed by atoms with Gasteiger partial charge in [-0.05, 0) is 62.8 Å². The minimum atomic E-state index is -3.60. The van der Waals surface area contributed by atoms with Crippen LogP contribution in [0.4, 0.5) is 5.69 Å². The van der Waals surface area contributed by atoms with Crippen molar-refractivity contribution in [3.8, 4) is 0 Å². The van der Waals surface area contributed by atoms with E-state index in [-0.39, 0.29) is 35.1 Å². The Morgan fingerprint density at radius 3 is 2.55 bits per heavy atom. The molecule has 2 aliphatic carbocycles. The van der Waals surface area contributed by atoms with Crippen LogP contribution in [0, 0.1) is 5.92 Å². The van der Waals surface area contributed by atoms with Gasteiger partial charge in [-0.1, -0.05) is 19.3 Å². The fraction of sp³-hybridized carbons (Fsp3) is 0.636. The third kappa shape index (κ3) is 4.34. The molecule has 29 heavy (non-hydrogen) atoms. The van der Waals surface area contributed by atoms with Crippen molar-refractivity contribution in [3.05, 3.63) is 23.8 Å². The molecule has 0 spiro atoms. The van der Waals surface area contributed by atoms with Crippen LogP contribution in [0.1, 0.15) is 63.9 Å². The number of amides is 2. The van der Waals surface area contributed by atoms with Gasteiger partial charge in [-0.3, -0.25) is 9.59 Å². The van der Waals surface area contributed by atoms with Gasteiger partial charge in [0.15, 0.2) is 9.84 Å². The standard InChI is InChI=1S/C22H30N2O4S/c1-15(13-21(25)23-18-5-3-2-4-6-18)29(27,28)19-9-10-20-17(14-19)11-12-24(20)22(26)16-7-8-16/h9-10,14-16,18H,2-8,11-13H2,1H3,(H,23,25)/t15-/m0/s1. The summed E-state index contributed by atoms with van der Waals surface area (Å²) in [6.45, 7) is 2.22. The van der Waals surface area contributed by atoms with Crippen molar-refractivity contribution in [1.82, 2.24) is 5.32 Å². The molecule has 7 heteroatoms. The second kappa shape index (κ2) is 8.09. The van der Waals surface area contributed by atoms with Crippen LogP contribution in [0.5, 0.6) is 0 Å². The summed E-state index contributed by atoms with van der Waals surface area (Å²) in [4.78, 5) is 26.8. The fourth-order valence-corrected chi connectivity index (χ4v) is 5.87. The van der Waals surface area contributed by atoms with Crippen molar-refractivity contribution in [3.63, 3.8) is 0 Å². The number of hydrogen-bond donors (Lipinski definition) is 1. The molecule has 1 N–H and O–H groups in total. The quantitative estimate of drug-likeness (QED) is 0.770. The van der Waals surface area contributed by atoms with Gasteiger partial charge in [-0.25, -0.2) is 8.42 Å². The van der Waals surface area contributed by atoms with Crippen molar-refractivity contribution < 1.29 is 18.0 Å². The van der Waals surface area contributed by atoms with E-state index in [1.807, 2.05) is 0 Å².